The van der Waals surface area contributed by atoms with Crippen molar-refractivity contribution in [1.82, 2.24) is 4.31 Å². The van der Waals surface area contributed by atoms with Crippen LogP contribution in [0.1, 0.15) is 40.2 Å². The summed E-state index contributed by atoms with van der Waals surface area (Å²) in [7, 11) is -3.48. The molecule has 0 aliphatic rings. The second kappa shape index (κ2) is 7.28. The number of benzene rings is 1. The molecule has 0 atom stereocenters. The maximum absolute atomic E-state index is 12.7. The molecule has 0 heterocycles. The zero-order valence-corrected chi connectivity index (χ0v) is 15.2. The highest BCUT2D eigenvalue weighted by atomic mass is 32.2. The Morgan fingerprint density at radius 1 is 1.18 bits per heavy atom. The van der Waals surface area contributed by atoms with Gasteiger partial charge in [-0.2, -0.15) is 4.31 Å². The van der Waals surface area contributed by atoms with Crippen molar-refractivity contribution in [1.29, 1.82) is 0 Å². The Kier molecular flexibility index (Phi) is 6.18. The third-order valence-corrected chi connectivity index (χ3v) is 5.17. The first kappa shape index (κ1) is 18.7. The summed E-state index contributed by atoms with van der Waals surface area (Å²) in [5.74, 6) is 0. The van der Waals surface area contributed by atoms with Gasteiger partial charge in [0.25, 0.3) is 0 Å². The van der Waals surface area contributed by atoms with Gasteiger partial charge in [0.15, 0.2) is 0 Å². The maximum Gasteiger partial charge on any atom is 0.243 e. The van der Waals surface area contributed by atoms with Crippen LogP contribution in [-0.4, -0.2) is 25.3 Å². The molecule has 1 aromatic rings. The number of aryl methyl sites for hydroxylation is 1. The standard InChI is InChI=1S/C18H27NO2S/c1-15(2)19(14-8-7-13-18(4,5)6)22(20,21)17-11-9-16(3)10-12-17/h8-13,15H,14H2,1-6H3. The lowest BCUT2D eigenvalue weighted by Gasteiger charge is -2.24. The highest BCUT2D eigenvalue weighted by Crippen LogP contribution is 2.19. The van der Waals surface area contributed by atoms with E-state index in [1.807, 2.05) is 39.0 Å². The van der Waals surface area contributed by atoms with E-state index in [0.717, 1.165) is 5.56 Å². The molecule has 1 rings (SSSR count). The lowest BCUT2D eigenvalue weighted by atomic mass is 9.97. The summed E-state index contributed by atoms with van der Waals surface area (Å²) in [4.78, 5) is 0.333. The summed E-state index contributed by atoms with van der Waals surface area (Å²) in [6, 6.07) is 6.85. The topological polar surface area (TPSA) is 37.4 Å². The van der Waals surface area contributed by atoms with Crippen LogP contribution in [0.3, 0.4) is 0 Å². The number of rotatable bonds is 5. The van der Waals surface area contributed by atoms with Crippen molar-refractivity contribution >= 4 is 10.0 Å². The van der Waals surface area contributed by atoms with Crippen molar-refractivity contribution in [3.05, 3.63) is 47.7 Å². The molecular weight excluding hydrogens is 294 g/mol. The summed E-state index contributed by atoms with van der Waals surface area (Å²) in [6.07, 6.45) is 3.72. The van der Waals surface area contributed by atoms with Crippen LogP contribution in [0.5, 0.6) is 0 Å². The number of sulfonamides is 1. The minimum atomic E-state index is -3.48. The fraction of sp³-hybridized carbons (Fsp3) is 0.500. The largest absolute Gasteiger partial charge is 0.243 e. The van der Waals surface area contributed by atoms with Crippen molar-refractivity contribution in [3.63, 3.8) is 0 Å². The van der Waals surface area contributed by atoms with E-state index in [2.05, 4.69) is 26.5 Å². The first-order valence-corrected chi connectivity index (χ1v) is 8.98. The molecule has 0 spiro atoms. The predicted octanol–water partition coefficient (Wildman–Crippen LogP) is 4.15. The molecule has 0 fully saturated rings. The Balaban J connectivity index is 3.05. The summed E-state index contributed by atoms with van der Waals surface area (Å²) in [5, 5.41) is 0. The predicted molar refractivity (Wildman–Crippen MR) is 92.3 cm³/mol. The zero-order valence-electron chi connectivity index (χ0n) is 14.4. The SMILES string of the molecule is Cc1ccc(S(=O)(=O)N(CC=C=CC(C)(C)C)C(C)C)cc1. The van der Waals surface area contributed by atoms with Gasteiger partial charge in [0, 0.05) is 12.6 Å². The average molecular weight is 321 g/mol. The lowest BCUT2D eigenvalue weighted by molar-refractivity contribution is 0.382. The second-order valence-electron chi connectivity index (χ2n) is 6.86. The van der Waals surface area contributed by atoms with E-state index < -0.39 is 10.0 Å². The quantitative estimate of drug-likeness (QED) is 0.764. The van der Waals surface area contributed by atoms with E-state index in [4.69, 9.17) is 0 Å². The molecule has 0 unspecified atom stereocenters. The van der Waals surface area contributed by atoms with Crippen LogP contribution in [0, 0.1) is 12.3 Å². The molecule has 0 bridgehead atoms. The second-order valence-corrected chi connectivity index (χ2v) is 8.75. The van der Waals surface area contributed by atoms with Crippen LogP contribution in [-0.2, 0) is 10.0 Å². The Morgan fingerprint density at radius 2 is 1.73 bits per heavy atom. The molecule has 0 aromatic heterocycles. The minimum Gasteiger partial charge on any atom is -0.207 e. The van der Waals surface area contributed by atoms with E-state index in [1.54, 1.807) is 18.2 Å². The number of hydrogen-bond donors (Lipinski definition) is 0. The van der Waals surface area contributed by atoms with Gasteiger partial charge >= 0.3 is 0 Å². The molecular formula is C18H27NO2S. The maximum atomic E-state index is 12.7. The Labute approximate surface area is 135 Å². The fourth-order valence-corrected chi connectivity index (χ4v) is 3.46. The highest BCUT2D eigenvalue weighted by Gasteiger charge is 2.25. The first-order valence-electron chi connectivity index (χ1n) is 7.54. The van der Waals surface area contributed by atoms with Gasteiger partial charge in [0.2, 0.25) is 10.0 Å². The molecule has 22 heavy (non-hydrogen) atoms. The summed E-state index contributed by atoms with van der Waals surface area (Å²) >= 11 is 0. The van der Waals surface area contributed by atoms with E-state index >= 15 is 0 Å². The van der Waals surface area contributed by atoms with E-state index in [0.29, 0.717) is 11.4 Å². The van der Waals surface area contributed by atoms with Crippen molar-refractivity contribution in [3.8, 4) is 0 Å². The van der Waals surface area contributed by atoms with Gasteiger partial charge in [-0.1, -0.05) is 38.5 Å². The van der Waals surface area contributed by atoms with Crippen LogP contribution in [0.25, 0.3) is 0 Å². The van der Waals surface area contributed by atoms with Gasteiger partial charge in [-0.25, -0.2) is 8.42 Å². The van der Waals surface area contributed by atoms with Crippen LogP contribution >= 0.6 is 0 Å². The molecule has 0 saturated heterocycles. The van der Waals surface area contributed by atoms with Gasteiger partial charge in [0.1, 0.15) is 0 Å². The molecule has 3 nitrogen and oxygen atoms in total. The van der Waals surface area contributed by atoms with Crippen molar-refractivity contribution in [2.24, 2.45) is 5.41 Å². The molecule has 122 valence electrons. The van der Waals surface area contributed by atoms with E-state index in [1.165, 1.54) is 4.31 Å². The fourth-order valence-electron chi connectivity index (χ4n) is 1.88. The smallest absolute Gasteiger partial charge is 0.207 e. The third kappa shape index (κ3) is 5.45. The molecule has 1 aromatic carbocycles. The van der Waals surface area contributed by atoms with Crippen molar-refractivity contribution in [2.75, 3.05) is 6.54 Å². The summed E-state index contributed by atoms with van der Waals surface area (Å²) in [6.45, 7) is 12.3. The average Bonchev–Trinajstić information content (AvgIpc) is 2.36. The minimum absolute atomic E-state index is 0.0367. The summed E-state index contributed by atoms with van der Waals surface area (Å²) < 4.78 is 27.0. The Bertz CT molecular complexity index is 643. The Hall–Kier alpha value is -1.35. The number of nitrogens with zero attached hydrogens (tertiary/aromatic N) is 1. The van der Waals surface area contributed by atoms with Crippen LogP contribution in [0.4, 0.5) is 0 Å². The highest BCUT2D eigenvalue weighted by molar-refractivity contribution is 7.89. The van der Waals surface area contributed by atoms with E-state index in [-0.39, 0.29) is 11.5 Å². The van der Waals surface area contributed by atoms with Gasteiger partial charge in [-0.05, 0) is 50.5 Å². The Morgan fingerprint density at radius 3 is 2.18 bits per heavy atom. The monoisotopic (exact) mass is 321 g/mol. The summed E-state index contributed by atoms with van der Waals surface area (Å²) in [5.41, 5.74) is 4.17. The molecule has 0 radical (unpaired) electrons. The molecule has 0 aliphatic carbocycles. The molecule has 0 N–H and O–H groups in total. The molecule has 4 heteroatoms. The van der Waals surface area contributed by atoms with Gasteiger partial charge in [-0.3, -0.25) is 0 Å². The van der Waals surface area contributed by atoms with Crippen molar-refractivity contribution < 1.29 is 8.42 Å². The number of hydrogen-bond acceptors (Lipinski definition) is 2. The van der Waals surface area contributed by atoms with Gasteiger partial charge in [0.05, 0.1) is 4.90 Å². The van der Waals surface area contributed by atoms with Crippen LogP contribution in [0.15, 0.2) is 47.0 Å². The molecule has 0 amide bonds. The van der Waals surface area contributed by atoms with Crippen molar-refractivity contribution in [2.45, 2.75) is 52.5 Å². The van der Waals surface area contributed by atoms with E-state index in [9.17, 15) is 8.42 Å². The van der Waals surface area contributed by atoms with Crippen LogP contribution in [0.2, 0.25) is 0 Å². The van der Waals surface area contributed by atoms with Gasteiger partial charge < -0.3 is 0 Å². The van der Waals surface area contributed by atoms with Crippen LogP contribution < -0.4 is 0 Å². The molecule has 0 saturated carbocycles. The normalized spacial score (nSPS) is 12.4. The first-order chi connectivity index (χ1) is 10.0. The van der Waals surface area contributed by atoms with Gasteiger partial charge in [-0.15, -0.1) is 5.73 Å². The third-order valence-electron chi connectivity index (χ3n) is 3.11. The lowest BCUT2D eigenvalue weighted by Crippen LogP contribution is -2.37. The molecule has 0 aliphatic heterocycles. The zero-order chi connectivity index (χ0) is 17.0.